The van der Waals surface area contributed by atoms with Gasteiger partial charge in [0.15, 0.2) is 5.60 Å². The lowest BCUT2D eigenvalue weighted by Gasteiger charge is -2.25. The number of nitrogens with zero attached hydrogens (tertiary/aromatic N) is 1. The van der Waals surface area contributed by atoms with E-state index >= 15 is 0 Å². The molecule has 2 aromatic rings. The van der Waals surface area contributed by atoms with E-state index in [0.29, 0.717) is 12.4 Å². The van der Waals surface area contributed by atoms with Gasteiger partial charge in [0.2, 0.25) is 0 Å². The number of likely N-dealkylation sites (N-methyl/N-ethyl adjacent to an activating group) is 1. The molecule has 0 saturated carbocycles. The fraction of sp³-hybridized carbons (Fsp3) is 0.409. The Kier molecular flexibility index (Phi) is 7.22. The quantitative estimate of drug-likeness (QED) is 0.625. The summed E-state index contributed by atoms with van der Waals surface area (Å²) in [5.74, 6) is 0.298. The minimum atomic E-state index is -1.03. The summed E-state index contributed by atoms with van der Waals surface area (Å²) < 4.78 is 11.3. The standard InChI is InChI=1S/C22H29NO3/c1-5-23(6-2)16-17-25-21(24)22(3,4)26-20-14-12-19(13-15-20)18-10-8-7-9-11-18/h7-15H,5-6,16-17H2,1-4H3. The highest BCUT2D eigenvalue weighted by Gasteiger charge is 2.31. The molecule has 0 unspecified atom stereocenters. The minimum absolute atomic E-state index is 0.350. The van der Waals surface area contributed by atoms with Crippen LogP contribution in [-0.2, 0) is 9.53 Å². The molecule has 0 N–H and O–H groups in total. The zero-order valence-electron chi connectivity index (χ0n) is 16.2. The van der Waals surface area contributed by atoms with E-state index in [1.807, 2.05) is 42.5 Å². The maximum absolute atomic E-state index is 12.3. The average Bonchev–Trinajstić information content (AvgIpc) is 2.66. The summed E-state index contributed by atoms with van der Waals surface area (Å²) in [6.45, 7) is 10.7. The monoisotopic (exact) mass is 355 g/mol. The van der Waals surface area contributed by atoms with E-state index in [0.717, 1.165) is 30.8 Å². The van der Waals surface area contributed by atoms with Crippen LogP contribution in [0.1, 0.15) is 27.7 Å². The van der Waals surface area contributed by atoms with Crippen LogP contribution in [0.5, 0.6) is 5.75 Å². The van der Waals surface area contributed by atoms with Gasteiger partial charge in [-0.25, -0.2) is 4.79 Å². The molecule has 2 rings (SSSR count). The molecule has 0 aliphatic heterocycles. The van der Waals surface area contributed by atoms with Crippen LogP contribution in [0.15, 0.2) is 54.6 Å². The molecule has 0 heterocycles. The normalized spacial score (nSPS) is 11.4. The number of carbonyl (C=O) groups is 1. The van der Waals surface area contributed by atoms with E-state index in [4.69, 9.17) is 9.47 Å². The molecule has 0 aromatic heterocycles. The van der Waals surface area contributed by atoms with Crippen molar-refractivity contribution in [3.63, 3.8) is 0 Å². The Hall–Kier alpha value is -2.33. The lowest BCUT2D eigenvalue weighted by Crippen LogP contribution is -2.41. The van der Waals surface area contributed by atoms with E-state index in [2.05, 4.69) is 30.9 Å². The van der Waals surface area contributed by atoms with Gasteiger partial charge in [-0.2, -0.15) is 0 Å². The highest BCUT2D eigenvalue weighted by atomic mass is 16.6. The zero-order valence-corrected chi connectivity index (χ0v) is 16.2. The van der Waals surface area contributed by atoms with Crippen molar-refractivity contribution in [3.05, 3.63) is 54.6 Å². The van der Waals surface area contributed by atoms with Gasteiger partial charge in [-0.15, -0.1) is 0 Å². The third-order valence-corrected chi connectivity index (χ3v) is 4.36. The SMILES string of the molecule is CCN(CC)CCOC(=O)C(C)(C)Oc1ccc(-c2ccccc2)cc1. The zero-order chi connectivity index (χ0) is 19.0. The second-order valence-electron chi connectivity index (χ2n) is 6.67. The van der Waals surface area contributed by atoms with Crippen molar-refractivity contribution in [1.29, 1.82) is 0 Å². The third-order valence-electron chi connectivity index (χ3n) is 4.36. The number of benzene rings is 2. The largest absolute Gasteiger partial charge is 0.476 e. The molecule has 0 bridgehead atoms. The van der Waals surface area contributed by atoms with Crippen molar-refractivity contribution in [1.82, 2.24) is 4.90 Å². The second-order valence-corrected chi connectivity index (χ2v) is 6.67. The Bertz CT molecular complexity index is 676. The Morgan fingerprint density at radius 3 is 2.08 bits per heavy atom. The lowest BCUT2D eigenvalue weighted by molar-refractivity contribution is -0.159. The van der Waals surface area contributed by atoms with E-state index in [1.54, 1.807) is 13.8 Å². The molecular formula is C22H29NO3. The van der Waals surface area contributed by atoms with Gasteiger partial charge in [-0.1, -0.05) is 56.3 Å². The Labute approximate surface area is 156 Å². The maximum Gasteiger partial charge on any atom is 0.349 e. The maximum atomic E-state index is 12.3. The van der Waals surface area contributed by atoms with E-state index in [-0.39, 0.29) is 5.97 Å². The first-order valence-electron chi connectivity index (χ1n) is 9.20. The van der Waals surface area contributed by atoms with Crippen LogP contribution in [0.4, 0.5) is 0 Å². The predicted octanol–water partition coefficient (Wildman–Crippen LogP) is 4.40. The van der Waals surface area contributed by atoms with Gasteiger partial charge < -0.3 is 14.4 Å². The van der Waals surface area contributed by atoms with Crippen LogP contribution >= 0.6 is 0 Å². The molecular weight excluding hydrogens is 326 g/mol. The smallest absolute Gasteiger partial charge is 0.349 e. The molecule has 0 amide bonds. The van der Waals surface area contributed by atoms with Crippen molar-refractivity contribution in [2.45, 2.75) is 33.3 Å². The van der Waals surface area contributed by atoms with Gasteiger partial charge >= 0.3 is 5.97 Å². The summed E-state index contributed by atoms with van der Waals surface area (Å²) in [4.78, 5) is 14.6. The summed E-state index contributed by atoms with van der Waals surface area (Å²) in [5, 5.41) is 0. The molecule has 0 fully saturated rings. The summed E-state index contributed by atoms with van der Waals surface area (Å²) in [5.41, 5.74) is 1.23. The average molecular weight is 355 g/mol. The van der Waals surface area contributed by atoms with Gasteiger partial charge in [-0.05, 0) is 50.2 Å². The molecule has 2 aromatic carbocycles. The van der Waals surface area contributed by atoms with Crippen molar-refractivity contribution in [2.24, 2.45) is 0 Å². The van der Waals surface area contributed by atoms with Gasteiger partial charge in [0, 0.05) is 6.54 Å². The Balaban J connectivity index is 1.92. The van der Waals surface area contributed by atoms with Crippen molar-refractivity contribution in [3.8, 4) is 16.9 Å². The van der Waals surface area contributed by atoms with Crippen molar-refractivity contribution >= 4 is 5.97 Å². The van der Waals surface area contributed by atoms with Gasteiger partial charge in [-0.3, -0.25) is 0 Å². The fourth-order valence-corrected chi connectivity index (χ4v) is 2.66. The summed E-state index contributed by atoms with van der Waals surface area (Å²) in [6, 6.07) is 17.9. The van der Waals surface area contributed by atoms with E-state index in [1.165, 1.54) is 0 Å². The van der Waals surface area contributed by atoms with Gasteiger partial charge in [0.1, 0.15) is 12.4 Å². The van der Waals surface area contributed by atoms with Crippen molar-refractivity contribution in [2.75, 3.05) is 26.2 Å². The Morgan fingerprint density at radius 2 is 1.50 bits per heavy atom. The molecule has 0 radical (unpaired) electrons. The third kappa shape index (κ3) is 5.60. The number of carbonyl (C=O) groups excluding carboxylic acids is 1. The predicted molar refractivity (Wildman–Crippen MR) is 105 cm³/mol. The van der Waals surface area contributed by atoms with E-state index < -0.39 is 5.60 Å². The van der Waals surface area contributed by atoms with E-state index in [9.17, 15) is 4.79 Å². The first-order valence-corrected chi connectivity index (χ1v) is 9.20. The molecule has 4 nitrogen and oxygen atoms in total. The molecule has 140 valence electrons. The molecule has 0 atom stereocenters. The molecule has 4 heteroatoms. The fourth-order valence-electron chi connectivity index (χ4n) is 2.66. The van der Waals surface area contributed by atoms with Crippen LogP contribution in [0, 0.1) is 0 Å². The first-order chi connectivity index (χ1) is 12.5. The Morgan fingerprint density at radius 1 is 0.923 bits per heavy atom. The highest BCUT2D eigenvalue weighted by molar-refractivity contribution is 5.79. The summed E-state index contributed by atoms with van der Waals surface area (Å²) in [6.07, 6.45) is 0. The molecule has 0 aliphatic carbocycles. The second kappa shape index (κ2) is 9.39. The molecule has 0 spiro atoms. The van der Waals surface area contributed by atoms with Crippen molar-refractivity contribution < 1.29 is 14.3 Å². The van der Waals surface area contributed by atoms with Crippen LogP contribution in [-0.4, -0.2) is 42.7 Å². The number of ether oxygens (including phenoxy) is 2. The van der Waals surface area contributed by atoms with Gasteiger partial charge in [0.05, 0.1) is 0 Å². The number of hydrogen-bond acceptors (Lipinski definition) is 4. The molecule has 26 heavy (non-hydrogen) atoms. The summed E-state index contributed by atoms with van der Waals surface area (Å²) in [7, 11) is 0. The summed E-state index contributed by atoms with van der Waals surface area (Å²) >= 11 is 0. The lowest BCUT2D eigenvalue weighted by atomic mass is 10.1. The molecule has 0 aliphatic rings. The van der Waals surface area contributed by atoms with Crippen LogP contribution in [0.25, 0.3) is 11.1 Å². The number of rotatable bonds is 9. The van der Waals surface area contributed by atoms with Gasteiger partial charge in [0.25, 0.3) is 0 Å². The van der Waals surface area contributed by atoms with Crippen LogP contribution < -0.4 is 4.74 Å². The minimum Gasteiger partial charge on any atom is -0.476 e. The van der Waals surface area contributed by atoms with Crippen LogP contribution in [0.2, 0.25) is 0 Å². The number of esters is 1. The first kappa shape index (κ1) is 20.0. The molecule has 0 saturated heterocycles. The topological polar surface area (TPSA) is 38.8 Å². The highest BCUT2D eigenvalue weighted by Crippen LogP contribution is 2.25. The number of hydrogen-bond donors (Lipinski definition) is 0. The van der Waals surface area contributed by atoms with Crippen LogP contribution in [0.3, 0.4) is 0 Å².